The number of aliphatic imine (C=N–C) groups is 2. The Morgan fingerprint density at radius 2 is 1.61 bits per heavy atom. The predicted octanol–water partition coefficient (Wildman–Crippen LogP) is 4.56. The van der Waals surface area contributed by atoms with E-state index in [0.717, 1.165) is 0 Å². The first kappa shape index (κ1) is 31.4. The van der Waals surface area contributed by atoms with Crippen LogP contribution in [0.2, 0.25) is 0 Å². The number of phenols is 3. The van der Waals surface area contributed by atoms with Crippen molar-refractivity contribution >= 4 is 46.7 Å². The topological polar surface area (TPSA) is 187 Å². The largest absolute Gasteiger partial charge is 0.508 e. The lowest BCUT2D eigenvalue weighted by Crippen LogP contribution is -2.23. The van der Waals surface area contributed by atoms with E-state index < -0.39 is 5.97 Å². The Labute approximate surface area is 252 Å². The van der Waals surface area contributed by atoms with Crippen molar-refractivity contribution in [3.8, 4) is 23.0 Å². The second-order valence-electron chi connectivity index (χ2n) is 10.4. The lowest BCUT2D eigenvalue weighted by Gasteiger charge is -2.08. The van der Waals surface area contributed by atoms with E-state index in [9.17, 15) is 29.7 Å². The molecule has 3 aromatic carbocycles. The molecule has 1 amide bonds. The van der Waals surface area contributed by atoms with Gasteiger partial charge in [-0.3, -0.25) is 24.4 Å². The molecule has 0 aliphatic carbocycles. The van der Waals surface area contributed by atoms with Gasteiger partial charge < -0.3 is 30.4 Å². The number of nitrogens with one attached hydrogen (secondary N) is 2. The van der Waals surface area contributed by atoms with Crippen LogP contribution in [-0.4, -0.2) is 56.1 Å². The zero-order chi connectivity index (χ0) is 31.8. The monoisotopic (exact) mass is 599 g/mol. The molecule has 0 aliphatic rings. The molecular formula is C32H33N5O7. The third-order valence-electron chi connectivity index (χ3n) is 6.32. The molecular weight excluding hydrogens is 566 g/mol. The molecule has 5 N–H and O–H groups in total. The molecule has 0 unspecified atom stereocenters. The third-order valence-corrected chi connectivity index (χ3v) is 6.32. The maximum atomic E-state index is 12.7. The van der Waals surface area contributed by atoms with E-state index in [1.54, 1.807) is 19.1 Å². The number of benzene rings is 3. The molecule has 0 aliphatic heterocycles. The number of fused-ring (bicyclic) bond motifs is 1. The van der Waals surface area contributed by atoms with Gasteiger partial charge in [-0.1, -0.05) is 13.8 Å². The quantitative estimate of drug-likeness (QED) is 0.0718. The van der Waals surface area contributed by atoms with Crippen molar-refractivity contribution in [1.82, 2.24) is 15.3 Å². The lowest BCUT2D eigenvalue weighted by molar-refractivity contribution is -0.136. The number of esters is 1. The minimum absolute atomic E-state index is 0.0110. The molecule has 0 bridgehead atoms. The van der Waals surface area contributed by atoms with Crippen LogP contribution in [0.5, 0.6) is 23.0 Å². The van der Waals surface area contributed by atoms with Gasteiger partial charge in [-0.25, -0.2) is 4.98 Å². The van der Waals surface area contributed by atoms with Gasteiger partial charge in [-0.2, -0.15) is 0 Å². The number of ether oxygens (including phenoxy) is 1. The first-order valence-corrected chi connectivity index (χ1v) is 14.0. The van der Waals surface area contributed by atoms with Gasteiger partial charge in [0.05, 0.1) is 28.8 Å². The van der Waals surface area contributed by atoms with E-state index in [1.807, 2.05) is 13.8 Å². The molecule has 228 valence electrons. The number of nitrogens with zero attached hydrogens (tertiary/aromatic N) is 3. The average Bonchev–Trinajstić information content (AvgIpc) is 2.97. The van der Waals surface area contributed by atoms with Gasteiger partial charge in [0.25, 0.3) is 5.56 Å². The lowest BCUT2D eigenvalue weighted by atomic mass is 10.1. The van der Waals surface area contributed by atoms with Gasteiger partial charge in [-0.05, 0) is 67.8 Å². The van der Waals surface area contributed by atoms with E-state index in [0.29, 0.717) is 35.4 Å². The predicted molar refractivity (Wildman–Crippen MR) is 167 cm³/mol. The fourth-order valence-electron chi connectivity index (χ4n) is 4.19. The number of aromatic amines is 1. The summed E-state index contributed by atoms with van der Waals surface area (Å²) < 4.78 is 5.33. The maximum absolute atomic E-state index is 12.7. The van der Waals surface area contributed by atoms with Crippen molar-refractivity contribution in [2.75, 3.05) is 6.54 Å². The van der Waals surface area contributed by atoms with Crippen molar-refractivity contribution in [3.63, 3.8) is 0 Å². The molecule has 12 heteroatoms. The Balaban J connectivity index is 1.70. The van der Waals surface area contributed by atoms with Crippen LogP contribution < -0.4 is 15.6 Å². The summed E-state index contributed by atoms with van der Waals surface area (Å²) in [6.45, 7) is 6.21. The van der Waals surface area contributed by atoms with Gasteiger partial charge in [0.15, 0.2) is 0 Å². The SMILES string of the molecule is CCNC(=O)CCC(=O)Oc1ccc(O)c(C=Nc2cc3nc(CC(C)C)c(=O)[nH]c3cc2N=Cc2cc(O)ccc2O)c1. The summed E-state index contributed by atoms with van der Waals surface area (Å²) in [6.07, 6.45) is 3.05. The molecule has 12 nitrogen and oxygen atoms in total. The number of carbonyl (C=O) groups is 2. The van der Waals surface area contributed by atoms with Crippen molar-refractivity contribution in [1.29, 1.82) is 0 Å². The van der Waals surface area contributed by atoms with Crippen LogP contribution in [0.3, 0.4) is 0 Å². The number of carbonyl (C=O) groups excluding carboxylic acids is 2. The Hall–Kier alpha value is -5.52. The van der Waals surface area contributed by atoms with Gasteiger partial charge >= 0.3 is 5.97 Å². The van der Waals surface area contributed by atoms with Gasteiger partial charge in [0.2, 0.25) is 5.91 Å². The van der Waals surface area contributed by atoms with Crippen LogP contribution >= 0.6 is 0 Å². The minimum atomic E-state index is -0.608. The summed E-state index contributed by atoms with van der Waals surface area (Å²) in [5.41, 5.74) is 2.02. The average molecular weight is 600 g/mol. The molecule has 0 saturated heterocycles. The fourth-order valence-corrected chi connectivity index (χ4v) is 4.19. The molecule has 0 fully saturated rings. The number of aromatic nitrogens is 2. The van der Waals surface area contributed by atoms with Gasteiger partial charge in [-0.15, -0.1) is 0 Å². The molecule has 0 atom stereocenters. The zero-order valence-electron chi connectivity index (χ0n) is 24.5. The van der Waals surface area contributed by atoms with Crippen LogP contribution in [0.4, 0.5) is 11.4 Å². The minimum Gasteiger partial charge on any atom is -0.508 e. The fraction of sp³-hybridized carbons (Fsp3) is 0.250. The molecule has 1 heterocycles. The number of phenolic OH excluding ortho intramolecular Hbond substituents is 3. The molecule has 1 aromatic heterocycles. The summed E-state index contributed by atoms with van der Waals surface area (Å²) in [6, 6.07) is 11.4. The summed E-state index contributed by atoms with van der Waals surface area (Å²) in [5, 5.41) is 33.1. The van der Waals surface area contributed by atoms with Gasteiger partial charge in [0, 0.05) is 36.5 Å². The van der Waals surface area contributed by atoms with E-state index in [1.165, 1.54) is 48.8 Å². The van der Waals surface area contributed by atoms with Crippen molar-refractivity contribution in [2.45, 2.75) is 40.0 Å². The second-order valence-corrected chi connectivity index (χ2v) is 10.4. The Bertz CT molecular complexity index is 1810. The summed E-state index contributed by atoms with van der Waals surface area (Å²) in [7, 11) is 0. The third kappa shape index (κ3) is 8.28. The molecule has 0 radical (unpaired) electrons. The molecule has 0 saturated carbocycles. The van der Waals surface area contributed by atoms with Crippen molar-refractivity contribution in [2.24, 2.45) is 15.9 Å². The van der Waals surface area contributed by atoms with Crippen LogP contribution in [0.25, 0.3) is 11.0 Å². The first-order valence-electron chi connectivity index (χ1n) is 14.0. The van der Waals surface area contributed by atoms with E-state index in [4.69, 9.17) is 4.74 Å². The van der Waals surface area contributed by atoms with Crippen LogP contribution in [0.1, 0.15) is 50.4 Å². The number of hydrogen-bond donors (Lipinski definition) is 5. The summed E-state index contributed by atoms with van der Waals surface area (Å²) >= 11 is 0. The highest BCUT2D eigenvalue weighted by Gasteiger charge is 2.13. The normalized spacial score (nSPS) is 11.5. The number of rotatable bonds is 11. The number of aromatic hydroxyl groups is 3. The van der Waals surface area contributed by atoms with Crippen molar-refractivity contribution in [3.05, 3.63) is 75.7 Å². The summed E-state index contributed by atoms with van der Waals surface area (Å²) in [5.74, 6) is -0.808. The first-order chi connectivity index (χ1) is 21.0. The Morgan fingerprint density at radius 1 is 0.955 bits per heavy atom. The second kappa shape index (κ2) is 14.1. The Kier molecular flexibility index (Phi) is 10.1. The van der Waals surface area contributed by atoms with E-state index in [-0.39, 0.29) is 70.0 Å². The van der Waals surface area contributed by atoms with E-state index in [2.05, 4.69) is 25.3 Å². The standard InChI is InChI=1S/C32H33N5O7/c1-4-33-30(41)9-10-31(42)44-22-6-8-29(40)20(13-22)17-35-23-14-25-26(37-32(43)27(36-25)11-18(2)3)15-24(23)34-16-19-12-21(38)5-7-28(19)39/h5-8,12-18,38-40H,4,9-11H2,1-3H3,(H,33,41)(H,37,43). The highest BCUT2D eigenvalue weighted by atomic mass is 16.5. The highest BCUT2D eigenvalue weighted by Crippen LogP contribution is 2.33. The van der Waals surface area contributed by atoms with Gasteiger partial charge in [0.1, 0.15) is 28.7 Å². The van der Waals surface area contributed by atoms with Crippen LogP contribution in [-0.2, 0) is 16.0 Å². The smallest absolute Gasteiger partial charge is 0.311 e. The number of amides is 1. The maximum Gasteiger partial charge on any atom is 0.311 e. The molecule has 4 rings (SSSR count). The zero-order valence-corrected chi connectivity index (χ0v) is 24.5. The van der Waals surface area contributed by atoms with Crippen molar-refractivity contribution < 1.29 is 29.6 Å². The Morgan fingerprint density at radius 3 is 2.30 bits per heavy atom. The van der Waals surface area contributed by atoms with E-state index >= 15 is 0 Å². The molecule has 44 heavy (non-hydrogen) atoms. The molecule has 4 aromatic rings. The van der Waals surface area contributed by atoms with Crippen LogP contribution in [0.15, 0.2) is 63.3 Å². The molecule has 0 spiro atoms. The number of H-pyrrole nitrogens is 1. The summed E-state index contributed by atoms with van der Waals surface area (Å²) in [4.78, 5) is 52.9. The van der Waals surface area contributed by atoms with Crippen LogP contribution in [0, 0.1) is 5.92 Å². The highest BCUT2D eigenvalue weighted by molar-refractivity contribution is 5.93. The number of hydrogen-bond acceptors (Lipinski definition) is 10.